The van der Waals surface area contributed by atoms with Crippen LogP contribution >= 0.6 is 0 Å². The van der Waals surface area contributed by atoms with Crippen LogP contribution in [0, 0.1) is 0 Å². The average Bonchev–Trinajstić information content (AvgIpc) is 2.74. The summed E-state index contributed by atoms with van der Waals surface area (Å²) in [6, 6.07) is 0. The van der Waals surface area contributed by atoms with E-state index in [1.807, 2.05) is 0 Å². The molecule has 0 amide bonds. The first-order valence-corrected chi connectivity index (χ1v) is 5.17. The van der Waals surface area contributed by atoms with E-state index < -0.39 is 18.3 Å². The van der Waals surface area contributed by atoms with Crippen LogP contribution in [0.4, 0.5) is 5.95 Å². The number of hydrogen-bond acceptors (Lipinski definition) is 7. The number of nitrogens with one attached hydrogen (secondary N) is 1. The van der Waals surface area contributed by atoms with E-state index in [0.29, 0.717) is 0 Å². The van der Waals surface area contributed by atoms with Gasteiger partial charge in [-0.3, -0.25) is 14.3 Å². The van der Waals surface area contributed by atoms with Gasteiger partial charge in [-0.25, -0.2) is 4.98 Å². The minimum atomic E-state index is -0.804. The number of rotatable bonds is 5. The molecule has 2 rings (SSSR count). The van der Waals surface area contributed by atoms with Crippen molar-refractivity contribution in [3.8, 4) is 0 Å². The number of nitrogens with two attached hydrogens (primary N) is 1. The molecule has 0 aromatic carbocycles. The average molecular weight is 277 g/mol. The molecule has 0 bridgehead atoms. The largest absolute Gasteiger partial charge is 1.00 e. The zero-order chi connectivity index (χ0) is 13.1. The SMILES string of the molecule is Nc1nc2c(ncn2COC(C[O-])CO)c(=O)[nH]1.[Na+]. The summed E-state index contributed by atoms with van der Waals surface area (Å²) in [6.45, 7) is -0.967. The molecule has 98 valence electrons. The van der Waals surface area contributed by atoms with Crippen LogP contribution in [0.3, 0.4) is 0 Å². The molecule has 0 aliphatic rings. The summed E-state index contributed by atoms with van der Waals surface area (Å²) >= 11 is 0. The zero-order valence-electron chi connectivity index (χ0n) is 10.4. The molecule has 0 saturated heterocycles. The molecule has 2 aromatic heterocycles. The molecule has 0 aliphatic carbocycles. The summed E-state index contributed by atoms with van der Waals surface area (Å²) in [4.78, 5) is 21.6. The van der Waals surface area contributed by atoms with E-state index >= 15 is 0 Å². The Morgan fingerprint density at radius 3 is 3.00 bits per heavy atom. The molecule has 0 aliphatic heterocycles. The molecule has 9 nitrogen and oxygen atoms in total. The second kappa shape index (κ2) is 6.98. The van der Waals surface area contributed by atoms with Crippen LogP contribution in [-0.4, -0.2) is 43.9 Å². The van der Waals surface area contributed by atoms with E-state index in [4.69, 9.17) is 15.6 Å². The van der Waals surface area contributed by atoms with Crippen molar-refractivity contribution in [1.82, 2.24) is 19.5 Å². The Bertz CT molecular complexity index is 594. The van der Waals surface area contributed by atoms with Crippen molar-refractivity contribution in [3.05, 3.63) is 16.7 Å². The van der Waals surface area contributed by atoms with Crippen LogP contribution in [0.25, 0.3) is 11.2 Å². The van der Waals surface area contributed by atoms with E-state index in [1.165, 1.54) is 10.9 Å². The first-order valence-electron chi connectivity index (χ1n) is 5.17. The Morgan fingerprint density at radius 2 is 2.37 bits per heavy atom. The Balaban J connectivity index is 0.00000180. The van der Waals surface area contributed by atoms with Gasteiger partial charge in [0, 0.05) is 0 Å². The fourth-order valence-corrected chi connectivity index (χ4v) is 1.40. The van der Waals surface area contributed by atoms with E-state index in [9.17, 15) is 9.90 Å². The minimum absolute atomic E-state index is 0. The van der Waals surface area contributed by atoms with Crippen LogP contribution in [-0.2, 0) is 11.5 Å². The van der Waals surface area contributed by atoms with Crippen LogP contribution < -0.4 is 46.0 Å². The van der Waals surface area contributed by atoms with Gasteiger partial charge in [0.15, 0.2) is 11.2 Å². The first kappa shape index (κ1) is 16.1. The number of hydrogen-bond donors (Lipinski definition) is 3. The molecule has 0 fully saturated rings. The molecular formula is C9H12N5NaO4. The summed E-state index contributed by atoms with van der Waals surface area (Å²) in [5, 5.41) is 19.4. The van der Waals surface area contributed by atoms with Crippen LogP contribution in [0.5, 0.6) is 0 Å². The number of aliphatic hydroxyl groups excluding tert-OH is 1. The second-order valence-electron chi connectivity index (χ2n) is 3.60. The van der Waals surface area contributed by atoms with Gasteiger partial charge in [0.25, 0.3) is 5.56 Å². The normalized spacial score (nSPS) is 12.3. The Morgan fingerprint density at radius 1 is 1.63 bits per heavy atom. The van der Waals surface area contributed by atoms with Crippen LogP contribution in [0.15, 0.2) is 11.1 Å². The van der Waals surface area contributed by atoms with E-state index in [-0.39, 0.29) is 60.0 Å². The molecule has 0 radical (unpaired) electrons. The van der Waals surface area contributed by atoms with Gasteiger partial charge >= 0.3 is 29.6 Å². The number of aromatic amines is 1. The maximum absolute atomic E-state index is 11.5. The van der Waals surface area contributed by atoms with Crippen molar-refractivity contribution in [2.75, 3.05) is 18.9 Å². The second-order valence-corrected chi connectivity index (χ2v) is 3.60. The summed E-state index contributed by atoms with van der Waals surface area (Å²) in [7, 11) is 0. The topological polar surface area (TPSA) is 142 Å². The number of aromatic nitrogens is 4. The maximum atomic E-state index is 11.5. The van der Waals surface area contributed by atoms with Gasteiger partial charge in [0.1, 0.15) is 6.73 Å². The molecule has 0 saturated carbocycles. The third-order valence-electron chi connectivity index (χ3n) is 2.33. The predicted molar refractivity (Wildman–Crippen MR) is 59.4 cm³/mol. The van der Waals surface area contributed by atoms with E-state index in [0.717, 1.165) is 0 Å². The number of anilines is 1. The third-order valence-corrected chi connectivity index (χ3v) is 2.33. The summed E-state index contributed by atoms with van der Waals surface area (Å²) in [5.74, 6) is -0.0308. The van der Waals surface area contributed by atoms with Gasteiger partial charge in [-0.05, 0) is 0 Å². The van der Waals surface area contributed by atoms with Crippen molar-refractivity contribution in [2.24, 2.45) is 0 Å². The predicted octanol–water partition coefficient (Wildman–Crippen LogP) is -5.60. The number of nitrogens with zero attached hydrogens (tertiary/aromatic N) is 3. The summed E-state index contributed by atoms with van der Waals surface area (Å²) < 4.78 is 6.57. The maximum Gasteiger partial charge on any atom is 1.00 e. The number of H-pyrrole nitrogens is 1. The fourth-order valence-electron chi connectivity index (χ4n) is 1.40. The van der Waals surface area contributed by atoms with Gasteiger partial charge in [-0.1, -0.05) is 0 Å². The van der Waals surface area contributed by atoms with Crippen LogP contribution in [0.1, 0.15) is 0 Å². The quantitative estimate of drug-likeness (QED) is 0.462. The monoisotopic (exact) mass is 277 g/mol. The molecular weight excluding hydrogens is 265 g/mol. The van der Waals surface area contributed by atoms with Crippen LogP contribution in [0.2, 0.25) is 0 Å². The Kier molecular flexibility index (Phi) is 5.91. The summed E-state index contributed by atoms with van der Waals surface area (Å²) in [5.41, 5.74) is 5.37. The van der Waals surface area contributed by atoms with Crippen molar-refractivity contribution in [2.45, 2.75) is 12.8 Å². The molecule has 2 heterocycles. The molecule has 0 spiro atoms. The number of nitrogen functional groups attached to an aromatic ring is 1. The fraction of sp³-hybridized carbons (Fsp3) is 0.444. The van der Waals surface area contributed by atoms with Gasteiger partial charge in [-0.2, -0.15) is 4.98 Å². The molecule has 1 atom stereocenters. The summed E-state index contributed by atoms with van der Waals surface area (Å²) in [6.07, 6.45) is 0.549. The first-order chi connectivity index (χ1) is 8.65. The minimum Gasteiger partial charge on any atom is -0.853 e. The Labute approximate surface area is 129 Å². The van der Waals surface area contributed by atoms with Crippen molar-refractivity contribution in [3.63, 3.8) is 0 Å². The smallest absolute Gasteiger partial charge is 0.853 e. The molecule has 10 heteroatoms. The standard InChI is InChI=1S/C9H12N5O4.Na/c10-9-12-7-6(8(17)13-9)11-3-14(7)4-18-5(1-15)2-16;/h3,5,15H,1-2,4H2,(H3,10,12,13,17);/q-1;+1. The molecule has 4 N–H and O–H groups in total. The molecule has 2 aromatic rings. The number of imidazole rings is 1. The number of fused-ring (bicyclic) bond motifs is 1. The van der Waals surface area contributed by atoms with Crippen molar-refractivity contribution in [1.29, 1.82) is 0 Å². The van der Waals surface area contributed by atoms with Gasteiger partial charge in [0.2, 0.25) is 5.95 Å². The van der Waals surface area contributed by atoms with Crippen molar-refractivity contribution < 1.29 is 44.5 Å². The van der Waals surface area contributed by atoms with Gasteiger partial charge in [0.05, 0.1) is 19.0 Å². The van der Waals surface area contributed by atoms with Crippen molar-refractivity contribution >= 4 is 17.1 Å². The third kappa shape index (κ3) is 3.53. The number of aliphatic hydroxyl groups is 1. The Hall–Kier alpha value is -0.970. The molecule has 1 unspecified atom stereocenters. The zero-order valence-corrected chi connectivity index (χ0v) is 12.4. The number of ether oxygens (including phenoxy) is 1. The van der Waals surface area contributed by atoms with E-state index in [1.54, 1.807) is 0 Å². The molecule has 19 heavy (non-hydrogen) atoms. The van der Waals surface area contributed by atoms with Gasteiger partial charge < -0.3 is 20.7 Å². The van der Waals surface area contributed by atoms with Gasteiger partial charge in [-0.15, -0.1) is 6.61 Å². The van der Waals surface area contributed by atoms with E-state index in [2.05, 4.69) is 15.0 Å².